The van der Waals surface area contributed by atoms with E-state index in [-0.39, 0.29) is 0 Å². The van der Waals surface area contributed by atoms with Crippen molar-refractivity contribution in [2.75, 3.05) is 5.43 Å². The van der Waals surface area contributed by atoms with E-state index in [1.54, 1.807) is 0 Å². The highest BCUT2D eigenvalue weighted by Crippen LogP contribution is 2.16. The molecule has 3 aromatic carbocycles. The van der Waals surface area contributed by atoms with Crippen LogP contribution in [0.3, 0.4) is 0 Å². The van der Waals surface area contributed by atoms with Gasteiger partial charge in [-0.3, -0.25) is 5.43 Å². The summed E-state index contributed by atoms with van der Waals surface area (Å²) in [5.74, 6) is 0. The van der Waals surface area contributed by atoms with Crippen LogP contribution >= 0.6 is 0 Å². The van der Waals surface area contributed by atoms with Gasteiger partial charge in [0.15, 0.2) is 0 Å². The average molecular weight is 274 g/mol. The van der Waals surface area contributed by atoms with Gasteiger partial charge in [0.25, 0.3) is 0 Å². The number of fused-ring (bicyclic) bond motifs is 1. The molecule has 0 aliphatic carbocycles. The lowest BCUT2D eigenvalue weighted by atomic mass is 10.0. The van der Waals surface area contributed by atoms with Crippen molar-refractivity contribution >= 4 is 22.2 Å². The highest BCUT2D eigenvalue weighted by atomic mass is 15.3. The van der Waals surface area contributed by atoms with E-state index in [1.807, 2.05) is 19.1 Å². The van der Waals surface area contributed by atoms with E-state index in [1.165, 1.54) is 16.3 Å². The minimum absolute atomic E-state index is 0.973. The fourth-order valence-corrected chi connectivity index (χ4v) is 2.26. The first kappa shape index (κ1) is 13.4. The number of nitrogens with one attached hydrogen (secondary N) is 1. The molecule has 0 radical (unpaired) electrons. The first-order valence-electron chi connectivity index (χ1n) is 7.08. The van der Waals surface area contributed by atoms with Gasteiger partial charge < -0.3 is 0 Å². The maximum absolute atomic E-state index is 4.47. The SMILES string of the molecule is C/C(=N\Nc1ccc(C)cc1)c1ccc2ccccc2c1. The molecule has 104 valence electrons. The molecule has 0 bridgehead atoms. The van der Waals surface area contributed by atoms with E-state index in [9.17, 15) is 0 Å². The van der Waals surface area contributed by atoms with Gasteiger partial charge in [0, 0.05) is 0 Å². The fraction of sp³-hybridized carbons (Fsp3) is 0.105. The lowest BCUT2D eigenvalue weighted by Crippen LogP contribution is -1.99. The molecule has 0 amide bonds. The summed E-state index contributed by atoms with van der Waals surface area (Å²) in [4.78, 5) is 0. The van der Waals surface area contributed by atoms with Crippen molar-refractivity contribution in [2.24, 2.45) is 5.10 Å². The third-order valence-electron chi connectivity index (χ3n) is 3.57. The molecule has 0 saturated carbocycles. The highest BCUT2D eigenvalue weighted by molar-refractivity contribution is 6.02. The molecule has 0 fully saturated rings. The summed E-state index contributed by atoms with van der Waals surface area (Å²) in [5.41, 5.74) is 7.46. The predicted octanol–water partition coefficient (Wildman–Crippen LogP) is 4.98. The number of rotatable bonds is 3. The van der Waals surface area contributed by atoms with Crippen LogP contribution in [0.2, 0.25) is 0 Å². The van der Waals surface area contributed by atoms with E-state index in [0.29, 0.717) is 0 Å². The standard InChI is InChI=1S/C19H18N2/c1-14-7-11-19(12-8-14)21-20-15(2)17-10-9-16-5-3-4-6-18(16)13-17/h3-13,21H,1-2H3/b20-15+. The maximum Gasteiger partial charge on any atom is 0.0648 e. The smallest absolute Gasteiger partial charge is 0.0648 e. The van der Waals surface area contributed by atoms with Crippen LogP contribution in [0.5, 0.6) is 0 Å². The summed E-state index contributed by atoms with van der Waals surface area (Å²) in [6, 6.07) is 23.0. The van der Waals surface area contributed by atoms with E-state index in [0.717, 1.165) is 17.0 Å². The number of anilines is 1. The Bertz CT molecular complexity index is 786. The molecule has 21 heavy (non-hydrogen) atoms. The van der Waals surface area contributed by atoms with Crippen molar-refractivity contribution in [3.8, 4) is 0 Å². The van der Waals surface area contributed by atoms with Gasteiger partial charge in [0.1, 0.15) is 0 Å². The van der Waals surface area contributed by atoms with E-state index in [2.05, 4.69) is 72.0 Å². The van der Waals surface area contributed by atoms with Gasteiger partial charge in [-0.05, 0) is 48.4 Å². The Balaban J connectivity index is 1.83. The van der Waals surface area contributed by atoms with Crippen LogP contribution in [0.1, 0.15) is 18.1 Å². The van der Waals surface area contributed by atoms with Crippen LogP contribution in [-0.2, 0) is 0 Å². The van der Waals surface area contributed by atoms with Crippen LogP contribution in [0, 0.1) is 6.92 Å². The van der Waals surface area contributed by atoms with Crippen LogP contribution in [-0.4, -0.2) is 5.71 Å². The molecule has 3 aromatic rings. The van der Waals surface area contributed by atoms with Crippen LogP contribution in [0.25, 0.3) is 10.8 Å². The second kappa shape index (κ2) is 5.80. The Morgan fingerprint density at radius 2 is 1.57 bits per heavy atom. The van der Waals surface area contributed by atoms with Crippen molar-refractivity contribution in [2.45, 2.75) is 13.8 Å². The second-order valence-electron chi connectivity index (χ2n) is 5.24. The number of hydrogen-bond acceptors (Lipinski definition) is 2. The zero-order chi connectivity index (χ0) is 14.7. The molecule has 0 unspecified atom stereocenters. The highest BCUT2D eigenvalue weighted by Gasteiger charge is 1.99. The van der Waals surface area contributed by atoms with E-state index >= 15 is 0 Å². The Kier molecular flexibility index (Phi) is 3.69. The Hall–Kier alpha value is -2.61. The number of benzene rings is 3. The molecule has 2 heteroatoms. The van der Waals surface area contributed by atoms with Gasteiger partial charge in [-0.2, -0.15) is 5.10 Å². The number of hydrogen-bond donors (Lipinski definition) is 1. The molecule has 0 saturated heterocycles. The zero-order valence-corrected chi connectivity index (χ0v) is 12.3. The third-order valence-corrected chi connectivity index (χ3v) is 3.57. The van der Waals surface area contributed by atoms with Crippen molar-refractivity contribution in [1.29, 1.82) is 0 Å². The van der Waals surface area contributed by atoms with Crippen molar-refractivity contribution in [3.63, 3.8) is 0 Å². The lowest BCUT2D eigenvalue weighted by molar-refractivity contribution is 1.31. The molecule has 0 aromatic heterocycles. The Labute approximate surface area is 125 Å². The lowest BCUT2D eigenvalue weighted by Gasteiger charge is -2.05. The van der Waals surface area contributed by atoms with Gasteiger partial charge >= 0.3 is 0 Å². The van der Waals surface area contributed by atoms with Crippen molar-refractivity contribution in [3.05, 3.63) is 77.9 Å². The van der Waals surface area contributed by atoms with Gasteiger partial charge in [-0.25, -0.2) is 0 Å². The quantitative estimate of drug-likeness (QED) is 0.528. The van der Waals surface area contributed by atoms with Crippen LogP contribution < -0.4 is 5.43 Å². The first-order valence-corrected chi connectivity index (χ1v) is 7.08. The Morgan fingerprint density at radius 3 is 2.33 bits per heavy atom. The largest absolute Gasteiger partial charge is 0.278 e. The molecule has 0 aliphatic heterocycles. The number of nitrogens with zero attached hydrogens (tertiary/aromatic N) is 1. The minimum Gasteiger partial charge on any atom is -0.278 e. The Morgan fingerprint density at radius 1 is 0.857 bits per heavy atom. The van der Waals surface area contributed by atoms with Gasteiger partial charge in [-0.15, -0.1) is 0 Å². The number of aryl methyl sites for hydroxylation is 1. The summed E-state index contributed by atoms with van der Waals surface area (Å²) in [5, 5.41) is 6.95. The molecule has 0 aliphatic rings. The molecule has 1 N–H and O–H groups in total. The van der Waals surface area contributed by atoms with Gasteiger partial charge in [0.2, 0.25) is 0 Å². The average Bonchev–Trinajstić information content (AvgIpc) is 2.53. The summed E-state index contributed by atoms with van der Waals surface area (Å²) >= 11 is 0. The van der Waals surface area contributed by atoms with Crippen molar-refractivity contribution in [1.82, 2.24) is 0 Å². The van der Waals surface area contributed by atoms with Gasteiger partial charge in [-0.1, -0.05) is 54.1 Å². The molecule has 0 spiro atoms. The number of hydrazone groups is 1. The molecular formula is C19H18N2. The third kappa shape index (κ3) is 3.11. The summed E-state index contributed by atoms with van der Waals surface area (Å²) in [6.07, 6.45) is 0. The van der Waals surface area contributed by atoms with Crippen LogP contribution in [0.4, 0.5) is 5.69 Å². The molecule has 2 nitrogen and oxygen atoms in total. The fourth-order valence-electron chi connectivity index (χ4n) is 2.26. The zero-order valence-electron chi connectivity index (χ0n) is 12.3. The minimum atomic E-state index is 0.973. The van der Waals surface area contributed by atoms with Gasteiger partial charge in [0.05, 0.1) is 11.4 Å². The molecule has 3 rings (SSSR count). The summed E-state index contributed by atoms with van der Waals surface area (Å²) in [6.45, 7) is 4.10. The second-order valence-corrected chi connectivity index (χ2v) is 5.24. The normalized spacial score (nSPS) is 11.6. The summed E-state index contributed by atoms with van der Waals surface area (Å²) < 4.78 is 0. The van der Waals surface area contributed by atoms with Crippen molar-refractivity contribution < 1.29 is 0 Å². The monoisotopic (exact) mass is 274 g/mol. The first-order chi connectivity index (χ1) is 10.2. The molecule has 0 atom stereocenters. The summed E-state index contributed by atoms with van der Waals surface area (Å²) in [7, 11) is 0. The van der Waals surface area contributed by atoms with E-state index in [4.69, 9.17) is 0 Å². The van der Waals surface area contributed by atoms with E-state index < -0.39 is 0 Å². The topological polar surface area (TPSA) is 24.4 Å². The molecule has 0 heterocycles. The predicted molar refractivity (Wildman–Crippen MR) is 91.0 cm³/mol. The van der Waals surface area contributed by atoms with Crippen LogP contribution in [0.15, 0.2) is 71.8 Å². The maximum atomic E-state index is 4.47. The molecular weight excluding hydrogens is 256 g/mol.